The summed E-state index contributed by atoms with van der Waals surface area (Å²) in [5, 5.41) is 7.98. The van der Waals surface area contributed by atoms with Crippen LogP contribution in [0.4, 0.5) is 0 Å². The zero-order valence-corrected chi connectivity index (χ0v) is 12.2. The second-order valence-corrected chi connectivity index (χ2v) is 5.01. The molecule has 0 bridgehead atoms. The first kappa shape index (κ1) is 13.8. The molecule has 0 aliphatic heterocycles. The molecule has 0 fully saturated rings. The van der Waals surface area contributed by atoms with Crippen molar-refractivity contribution in [3.63, 3.8) is 0 Å². The van der Waals surface area contributed by atoms with Crippen LogP contribution in [0.5, 0.6) is 0 Å². The molecule has 1 unspecified atom stereocenters. The van der Waals surface area contributed by atoms with Gasteiger partial charge in [0.15, 0.2) is 0 Å². The van der Waals surface area contributed by atoms with E-state index in [1.807, 2.05) is 38.1 Å². The van der Waals surface area contributed by atoms with Gasteiger partial charge < -0.3 is 9.88 Å². The van der Waals surface area contributed by atoms with E-state index >= 15 is 0 Å². The van der Waals surface area contributed by atoms with Crippen molar-refractivity contribution in [2.75, 3.05) is 6.54 Å². The molecule has 5 nitrogen and oxygen atoms in total. The van der Waals surface area contributed by atoms with E-state index in [4.69, 9.17) is 0 Å². The van der Waals surface area contributed by atoms with Gasteiger partial charge in [0.1, 0.15) is 5.82 Å². The number of rotatable bonds is 6. The molecule has 1 atom stereocenters. The van der Waals surface area contributed by atoms with Gasteiger partial charge in [0.25, 0.3) is 0 Å². The highest BCUT2D eigenvalue weighted by Crippen LogP contribution is 2.17. The van der Waals surface area contributed by atoms with E-state index in [0.29, 0.717) is 0 Å². The Hall–Kier alpha value is -1.62. The predicted octanol–water partition coefficient (Wildman–Crippen LogP) is 1.75. The largest absolute Gasteiger partial charge is 0.337 e. The summed E-state index contributed by atoms with van der Waals surface area (Å²) in [6.45, 7) is 5.20. The number of nitrogens with one attached hydrogen (secondary N) is 1. The number of aryl methyl sites for hydroxylation is 3. The Morgan fingerprint density at radius 3 is 2.68 bits per heavy atom. The first-order chi connectivity index (χ1) is 9.11. The zero-order chi connectivity index (χ0) is 13.8. The topological polar surface area (TPSA) is 47.7 Å². The molecule has 2 heterocycles. The minimum atomic E-state index is 0.231. The third-order valence-electron chi connectivity index (χ3n) is 3.32. The summed E-state index contributed by atoms with van der Waals surface area (Å²) < 4.78 is 4.04. The van der Waals surface area contributed by atoms with Crippen molar-refractivity contribution in [3.8, 4) is 0 Å². The van der Waals surface area contributed by atoms with Gasteiger partial charge in [-0.2, -0.15) is 5.10 Å². The lowest BCUT2D eigenvalue weighted by atomic mass is 10.1. The molecule has 0 saturated heterocycles. The first-order valence-electron chi connectivity index (χ1n) is 6.82. The third-order valence-corrected chi connectivity index (χ3v) is 3.32. The average molecular weight is 261 g/mol. The number of hydrogen-bond acceptors (Lipinski definition) is 3. The van der Waals surface area contributed by atoms with Gasteiger partial charge >= 0.3 is 0 Å². The molecular formula is C14H23N5. The maximum Gasteiger partial charge on any atom is 0.125 e. The molecule has 2 rings (SSSR count). The van der Waals surface area contributed by atoms with Crippen LogP contribution in [0, 0.1) is 6.92 Å². The van der Waals surface area contributed by atoms with Crippen molar-refractivity contribution in [2.45, 2.75) is 32.7 Å². The van der Waals surface area contributed by atoms with E-state index in [0.717, 1.165) is 30.9 Å². The Labute approximate surface area is 114 Å². The van der Waals surface area contributed by atoms with Gasteiger partial charge in [-0.25, -0.2) is 4.98 Å². The van der Waals surface area contributed by atoms with Crippen molar-refractivity contribution >= 4 is 0 Å². The lowest BCUT2D eigenvalue weighted by Gasteiger charge is -2.18. The first-order valence-corrected chi connectivity index (χ1v) is 6.82. The minimum absolute atomic E-state index is 0.231. The molecule has 0 saturated carbocycles. The van der Waals surface area contributed by atoms with Crippen molar-refractivity contribution < 1.29 is 0 Å². The maximum absolute atomic E-state index is 4.47. The van der Waals surface area contributed by atoms with E-state index in [2.05, 4.69) is 33.0 Å². The van der Waals surface area contributed by atoms with Crippen molar-refractivity contribution in [1.29, 1.82) is 0 Å². The molecular weight excluding hydrogens is 238 g/mol. The Kier molecular flexibility index (Phi) is 4.37. The second kappa shape index (κ2) is 6.02. The molecule has 5 heteroatoms. The summed E-state index contributed by atoms with van der Waals surface area (Å²) >= 11 is 0. The molecule has 2 aromatic rings. The number of aromatic nitrogens is 4. The van der Waals surface area contributed by atoms with Crippen LogP contribution in [0.15, 0.2) is 18.5 Å². The molecule has 0 spiro atoms. The molecule has 19 heavy (non-hydrogen) atoms. The highest BCUT2D eigenvalue weighted by atomic mass is 15.3. The Balaban J connectivity index is 2.19. The molecule has 1 N–H and O–H groups in total. The third kappa shape index (κ3) is 3.23. The molecule has 2 aromatic heterocycles. The SMILES string of the molecule is CCCNC(Cc1cc(C)nn1C)c1nccn1C. The standard InChI is InChI=1S/C14H23N5/c1-5-6-15-13(14-16-7-8-18(14)3)10-12-9-11(2)17-19(12)4/h7-9,13,15H,5-6,10H2,1-4H3. The fourth-order valence-corrected chi connectivity index (χ4v) is 2.35. The van der Waals surface area contributed by atoms with Gasteiger partial charge in [0.05, 0.1) is 11.7 Å². The lowest BCUT2D eigenvalue weighted by molar-refractivity contribution is 0.478. The van der Waals surface area contributed by atoms with Crippen LogP contribution in [-0.4, -0.2) is 25.9 Å². The van der Waals surface area contributed by atoms with E-state index in [1.165, 1.54) is 5.69 Å². The molecule has 0 aromatic carbocycles. The van der Waals surface area contributed by atoms with Crippen LogP contribution in [0.2, 0.25) is 0 Å². The van der Waals surface area contributed by atoms with E-state index in [-0.39, 0.29) is 6.04 Å². The van der Waals surface area contributed by atoms with Crippen molar-refractivity contribution in [1.82, 2.24) is 24.6 Å². The quantitative estimate of drug-likeness (QED) is 0.861. The number of hydrogen-bond donors (Lipinski definition) is 1. The Bertz CT molecular complexity index is 526. The summed E-state index contributed by atoms with van der Waals surface area (Å²) in [4.78, 5) is 4.47. The molecule has 104 valence electrons. The Morgan fingerprint density at radius 1 is 1.37 bits per heavy atom. The van der Waals surface area contributed by atoms with Gasteiger partial charge in [0.2, 0.25) is 0 Å². The highest BCUT2D eigenvalue weighted by molar-refractivity contribution is 5.13. The lowest BCUT2D eigenvalue weighted by Crippen LogP contribution is -2.27. The number of nitrogens with zero attached hydrogens (tertiary/aromatic N) is 4. The Morgan fingerprint density at radius 2 is 2.16 bits per heavy atom. The fourth-order valence-electron chi connectivity index (χ4n) is 2.35. The van der Waals surface area contributed by atoms with Crippen LogP contribution in [0.25, 0.3) is 0 Å². The summed E-state index contributed by atoms with van der Waals surface area (Å²) in [5.41, 5.74) is 2.29. The molecule has 0 amide bonds. The summed E-state index contributed by atoms with van der Waals surface area (Å²) in [5.74, 6) is 1.08. The van der Waals surface area contributed by atoms with Gasteiger partial charge in [0, 0.05) is 38.6 Å². The van der Waals surface area contributed by atoms with Crippen molar-refractivity contribution in [3.05, 3.63) is 35.7 Å². The van der Waals surface area contributed by atoms with Crippen LogP contribution in [0.3, 0.4) is 0 Å². The van der Waals surface area contributed by atoms with Gasteiger partial charge in [-0.1, -0.05) is 6.92 Å². The highest BCUT2D eigenvalue weighted by Gasteiger charge is 2.17. The van der Waals surface area contributed by atoms with E-state index < -0.39 is 0 Å². The van der Waals surface area contributed by atoms with Crippen LogP contribution in [-0.2, 0) is 20.5 Å². The van der Waals surface area contributed by atoms with Crippen LogP contribution < -0.4 is 5.32 Å². The fraction of sp³-hybridized carbons (Fsp3) is 0.571. The molecule has 0 radical (unpaired) electrons. The van der Waals surface area contributed by atoms with Crippen LogP contribution in [0.1, 0.15) is 36.6 Å². The normalized spacial score (nSPS) is 12.8. The predicted molar refractivity (Wildman–Crippen MR) is 75.9 cm³/mol. The van der Waals surface area contributed by atoms with Crippen LogP contribution >= 0.6 is 0 Å². The molecule has 0 aliphatic rings. The van der Waals surface area contributed by atoms with E-state index in [9.17, 15) is 0 Å². The average Bonchev–Trinajstić information content (AvgIpc) is 2.91. The number of imidazole rings is 1. The minimum Gasteiger partial charge on any atom is -0.337 e. The zero-order valence-electron chi connectivity index (χ0n) is 12.2. The van der Waals surface area contributed by atoms with E-state index in [1.54, 1.807) is 0 Å². The summed E-state index contributed by atoms with van der Waals surface area (Å²) in [7, 11) is 4.04. The molecule has 0 aliphatic carbocycles. The summed E-state index contributed by atoms with van der Waals surface area (Å²) in [6.07, 6.45) is 5.86. The van der Waals surface area contributed by atoms with Crippen molar-refractivity contribution in [2.24, 2.45) is 14.1 Å². The maximum atomic E-state index is 4.47. The monoisotopic (exact) mass is 261 g/mol. The second-order valence-electron chi connectivity index (χ2n) is 5.01. The van der Waals surface area contributed by atoms with Gasteiger partial charge in [-0.15, -0.1) is 0 Å². The smallest absolute Gasteiger partial charge is 0.125 e. The van der Waals surface area contributed by atoms with Gasteiger partial charge in [-0.05, 0) is 26.0 Å². The van der Waals surface area contributed by atoms with Gasteiger partial charge in [-0.3, -0.25) is 4.68 Å². The summed E-state index contributed by atoms with van der Waals surface area (Å²) in [6, 6.07) is 2.37.